The summed E-state index contributed by atoms with van der Waals surface area (Å²) in [6.07, 6.45) is 6.67. The highest BCUT2D eigenvalue weighted by Crippen LogP contribution is 2.31. The number of methoxy groups -OCH3 is 1. The first-order valence-corrected chi connectivity index (χ1v) is 11.0. The normalized spacial score (nSPS) is 10.2. The number of hydrogen-bond acceptors (Lipinski definition) is 9. The van der Waals surface area contributed by atoms with Crippen LogP contribution in [0, 0.1) is 0 Å². The molecule has 0 spiro atoms. The van der Waals surface area contributed by atoms with Crippen LogP contribution >= 0.6 is 0 Å². The van der Waals surface area contributed by atoms with Crippen molar-refractivity contribution in [3.8, 4) is 33.8 Å². The first kappa shape index (κ1) is 26.9. The highest BCUT2D eigenvalue weighted by atomic mass is 16.5. The van der Waals surface area contributed by atoms with Gasteiger partial charge in [-0.15, -0.1) is 0 Å². The summed E-state index contributed by atoms with van der Waals surface area (Å²) in [5.41, 5.74) is 3.67. The van der Waals surface area contributed by atoms with Crippen molar-refractivity contribution < 1.29 is 39.1 Å². The minimum Gasteiger partial charge on any atom is -0.491 e. The van der Waals surface area contributed by atoms with E-state index in [9.17, 15) is 9.59 Å². The fraction of sp³-hybridized carbons (Fsp3) is 0.200. The molecule has 0 saturated carbocycles. The van der Waals surface area contributed by atoms with Crippen LogP contribution < -0.4 is 9.47 Å². The van der Waals surface area contributed by atoms with Crippen molar-refractivity contribution in [3.63, 3.8) is 0 Å². The number of aliphatic hydroxyl groups excluding tert-OH is 2. The molecule has 4 rings (SSSR count). The molecular formula is C25H26N4O8. The van der Waals surface area contributed by atoms with E-state index in [0.717, 1.165) is 22.3 Å². The largest absolute Gasteiger partial charge is 0.491 e. The van der Waals surface area contributed by atoms with Crippen molar-refractivity contribution in [3.05, 3.63) is 72.3 Å². The SMILES string of the molecule is COC(=O)c1ccc(-c2cn[nH]c2)c(OCCO)c1.O=C(O)c1ccc(-c2cn[nH]c2)c(OCCO)c1. The second-order valence-corrected chi connectivity index (χ2v) is 7.34. The number of carbonyl (C=O) groups is 2. The second-order valence-electron chi connectivity index (χ2n) is 7.34. The number of ether oxygens (including phenoxy) is 3. The zero-order valence-corrected chi connectivity index (χ0v) is 19.9. The molecule has 194 valence electrons. The number of nitrogens with one attached hydrogen (secondary N) is 2. The number of nitrogens with zero attached hydrogens (tertiary/aromatic N) is 2. The number of aromatic carboxylic acids is 1. The molecule has 0 aliphatic rings. The van der Waals surface area contributed by atoms with E-state index in [1.807, 2.05) is 0 Å². The lowest BCUT2D eigenvalue weighted by atomic mass is 10.1. The fourth-order valence-corrected chi connectivity index (χ4v) is 3.25. The number of benzene rings is 2. The summed E-state index contributed by atoms with van der Waals surface area (Å²) >= 11 is 0. The van der Waals surface area contributed by atoms with Gasteiger partial charge in [0.25, 0.3) is 0 Å². The third kappa shape index (κ3) is 7.16. The Hall–Kier alpha value is -4.68. The Balaban J connectivity index is 0.000000206. The summed E-state index contributed by atoms with van der Waals surface area (Å²) in [7, 11) is 1.32. The highest BCUT2D eigenvalue weighted by Gasteiger charge is 2.13. The maximum Gasteiger partial charge on any atom is 0.337 e. The summed E-state index contributed by atoms with van der Waals surface area (Å²) in [6.45, 7) is 0.0127. The molecule has 5 N–H and O–H groups in total. The number of aromatic nitrogens is 4. The van der Waals surface area contributed by atoms with E-state index in [2.05, 4.69) is 25.1 Å². The van der Waals surface area contributed by atoms with E-state index in [-0.39, 0.29) is 32.0 Å². The first-order chi connectivity index (χ1) is 18.0. The van der Waals surface area contributed by atoms with Crippen molar-refractivity contribution in [2.75, 3.05) is 33.5 Å². The van der Waals surface area contributed by atoms with E-state index in [4.69, 9.17) is 24.8 Å². The minimum absolute atomic E-state index is 0.104. The van der Waals surface area contributed by atoms with E-state index in [0.29, 0.717) is 17.1 Å². The van der Waals surface area contributed by atoms with Crippen LogP contribution in [-0.2, 0) is 4.74 Å². The van der Waals surface area contributed by atoms with Gasteiger partial charge in [0.05, 0.1) is 43.8 Å². The maximum atomic E-state index is 11.5. The number of aliphatic hydroxyl groups is 2. The number of hydrogen-bond donors (Lipinski definition) is 5. The Kier molecular flexibility index (Phi) is 9.76. The molecule has 37 heavy (non-hydrogen) atoms. The maximum absolute atomic E-state index is 11.5. The van der Waals surface area contributed by atoms with Crippen LogP contribution in [0.3, 0.4) is 0 Å². The third-order valence-electron chi connectivity index (χ3n) is 4.95. The van der Waals surface area contributed by atoms with Crippen LogP contribution in [0.2, 0.25) is 0 Å². The Morgan fingerprint density at radius 1 is 0.811 bits per heavy atom. The summed E-state index contributed by atoms with van der Waals surface area (Å²) in [6, 6.07) is 9.57. The number of aromatic amines is 2. The first-order valence-electron chi connectivity index (χ1n) is 11.0. The number of rotatable bonds is 10. The second kappa shape index (κ2) is 13.4. The van der Waals surface area contributed by atoms with Crippen molar-refractivity contribution >= 4 is 11.9 Å². The van der Waals surface area contributed by atoms with Crippen molar-refractivity contribution in [2.45, 2.75) is 0 Å². The van der Waals surface area contributed by atoms with Crippen LogP contribution in [-0.4, -0.2) is 81.2 Å². The van der Waals surface area contributed by atoms with Gasteiger partial charge in [-0.25, -0.2) is 9.59 Å². The van der Waals surface area contributed by atoms with E-state index in [1.165, 1.54) is 19.2 Å². The Morgan fingerprint density at radius 3 is 1.70 bits per heavy atom. The summed E-state index contributed by atoms with van der Waals surface area (Å²) < 4.78 is 15.5. The van der Waals surface area contributed by atoms with E-state index >= 15 is 0 Å². The van der Waals surface area contributed by atoms with Crippen molar-refractivity contribution in [1.82, 2.24) is 20.4 Å². The predicted molar refractivity (Wildman–Crippen MR) is 132 cm³/mol. The minimum atomic E-state index is -1.03. The molecule has 2 heterocycles. The average Bonchev–Trinajstić information content (AvgIpc) is 3.65. The number of H-pyrrole nitrogens is 2. The molecule has 0 bridgehead atoms. The molecule has 0 radical (unpaired) electrons. The molecule has 0 amide bonds. The van der Waals surface area contributed by atoms with Crippen LogP contribution in [0.4, 0.5) is 0 Å². The monoisotopic (exact) mass is 510 g/mol. The number of carbonyl (C=O) groups excluding carboxylic acids is 1. The average molecular weight is 511 g/mol. The summed E-state index contributed by atoms with van der Waals surface area (Å²) in [5, 5.41) is 39.6. The third-order valence-corrected chi connectivity index (χ3v) is 4.95. The molecule has 0 unspecified atom stereocenters. The molecule has 0 aliphatic heterocycles. The topological polar surface area (TPSA) is 180 Å². The number of esters is 1. The molecule has 0 fully saturated rings. The Morgan fingerprint density at radius 2 is 1.30 bits per heavy atom. The van der Waals surface area contributed by atoms with Gasteiger partial charge in [0.15, 0.2) is 0 Å². The molecule has 0 aliphatic carbocycles. The van der Waals surface area contributed by atoms with Gasteiger partial charge in [-0.05, 0) is 36.4 Å². The summed E-state index contributed by atoms with van der Waals surface area (Å²) in [5.74, 6) is -0.557. The van der Waals surface area contributed by atoms with Gasteiger partial charge < -0.3 is 29.5 Å². The van der Waals surface area contributed by atoms with Gasteiger partial charge >= 0.3 is 11.9 Å². The predicted octanol–water partition coefficient (Wildman–Crippen LogP) is 2.38. The van der Waals surface area contributed by atoms with Gasteiger partial charge in [0.2, 0.25) is 0 Å². The lowest BCUT2D eigenvalue weighted by Gasteiger charge is -2.11. The van der Waals surface area contributed by atoms with E-state index < -0.39 is 11.9 Å². The Bertz CT molecular complexity index is 1290. The van der Waals surface area contributed by atoms with Crippen molar-refractivity contribution in [2.24, 2.45) is 0 Å². The molecule has 2 aromatic carbocycles. The molecule has 2 aromatic heterocycles. The van der Waals surface area contributed by atoms with Gasteiger partial charge in [-0.1, -0.05) is 0 Å². The van der Waals surface area contributed by atoms with Crippen LogP contribution in [0.5, 0.6) is 11.5 Å². The summed E-state index contributed by atoms with van der Waals surface area (Å²) in [4.78, 5) is 22.4. The van der Waals surface area contributed by atoms with E-state index in [1.54, 1.807) is 49.1 Å². The Labute approximate surface area is 211 Å². The van der Waals surface area contributed by atoms with Gasteiger partial charge in [0.1, 0.15) is 24.7 Å². The lowest BCUT2D eigenvalue weighted by Crippen LogP contribution is -2.05. The zero-order chi connectivity index (χ0) is 26.6. The molecular weight excluding hydrogens is 484 g/mol. The fourth-order valence-electron chi connectivity index (χ4n) is 3.25. The molecule has 0 saturated heterocycles. The molecule has 12 nitrogen and oxygen atoms in total. The van der Waals surface area contributed by atoms with Crippen LogP contribution in [0.1, 0.15) is 20.7 Å². The smallest absolute Gasteiger partial charge is 0.337 e. The lowest BCUT2D eigenvalue weighted by molar-refractivity contribution is 0.0599. The van der Waals surface area contributed by atoms with Gasteiger partial charge in [-0.3, -0.25) is 10.2 Å². The molecule has 0 atom stereocenters. The molecule has 12 heteroatoms. The highest BCUT2D eigenvalue weighted by molar-refractivity contribution is 5.91. The zero-order valence-electron chi connectivity index (χ0n) is 19.9. The van der Waals surface area contributed by atoms with Gasteiger partial charge in [0, 0.05) is 34.6 Å². The molecule has 4 aromatic rings. The van der Waals surface area contributed by atoms with Crippen LogP contribution in [0.15, 0.2) is 61.2 Å². The van der Waals surface area contributed by atoms with Crippen molar-refractivity contribution in [1.29, 1.82) is 0 Å². The quantitative estimate of drug-likeness (QED) is 0.199. The number of carboxylic acid groups (broad SMARTS) is 1. The number of carboxylic acids is 1. The van der Waals surface area contributed by atoms with Gasteiger partial charge in [-0.2, -0.15) is 10.2 Å². The van der Waals surface area contributed by atoms with Crippen LogP contribution in [0.25, 0.3) is 22.3 Å². The standard InChI is InChI=1S/C13H14N2O4.C12H12N2O4/c1-18-13(17)9-2-3-11(10-7-14-15-8-10)12(6-9)19-5-4-16;15-3-4-18-11-5-8(12(16)17)1-2-10(11)9-6-13-14-7-9/h2-3,6-8,16H,4-5H2,1H3,(H,14,15);1-2,5-7,15H,3-4H2,(H,13,14)(H,16,17).